The average Bonchev–Trinajstić information content (AvgIpc) is 3.20. The highest BCUT2D eigenvalue weighted by Crippen LogP contribution is 2.30. The number of methoxy groups -OCH3 is 1. The molecule has 0 saturated carbocycles. The molecule has 2 amide bonds. The van der Waals surface area contributed by atoms with Crippen LogP contribution in [0.25, 0.3) is 0 Å². The van der Waals surface area contributed by atoms with Crippen LogP contribution >= 0.6 is 0 Å². The number of nitrogens with zero attached hydrogens (tertiary/aromatic N) is 3. The Hall–Kier alpha value is -4.39. The molecule has 0 saturated heterocycles. The summed E-state index contributed by atoms with van der Waals surface area (Å²) >= 11 is 0. The molecule has 2 aromatic heterocycles. The molecule has 5 rings (SSSR count). The zero-order valence-electron chi connectivity index (χ0n) is 18.8. The largest absolute Gasteiger partial charge is 0.497 e. The van der Waals surface area contributed by atoms with E-state index in [2.05, 4.69) is 10.3 Å². The molecule has 4 aromatic rings. The first-order chi connectivity index (χ1) is 16.6. The highest BCUT2D eigenvalue weighted by molar-refractivity contribution is 6.06. The summed E-state index contributed by atoms with van der Waals surface area (Å²) in [6.07, 6.45) is 3.44. The molecule has 0 bridgehead atoms. The van der Waals surface area contributed by atoms with E-state index in [9.17, 15) is 9.59 Å². The van der Waals surface area contributed by atoms with E-state index < -0.39 is 0 Å². The van der Waals surface area contributed by atoms with Crippen molar-refractivity contribution in [1.29, 1.82) is 0 Å². The zero-order chi connectivity index (χ0) is 23.5. The molecule has 0 aliphatic carbocycles. The summed E-state index contributed by atoms with van der Waals surface area (Å²) in [5.74, 6) is 0.429. The van der Waals surface area contributed by atoms with Gasteiger partial charge in [-0.2, -0.15) is 0 Å². The predicted octanol–water partition coefficient (Wildman–Crippen LogP) is 4.03. The highest BCUT2D eigenvalue weighted by Gasteiger charge is 2.27. The number of carbonyl (C=O) groups excluding carboxylic acids is 2. The molecule has 0 atom stereocenters. The smallest absolute Gasteiger partial charge is 0.268 e. The Morgan fingerprint density at radius 1 is 0.971 bits per heavy atom. The van der Waals surface area contributed by atoms with Gasteiger partial charge in [-0.15, -0.1) is 0 Å². The van der Waals surface area contributed by atoms with Crippen LogP contribution in [0.4, 0.5) is 5.69 Å². The standard InChI is InChI=1S/C27H24N4O3/c1-34-23-11-8-20(9-12-23)27(33)31-18-22-10-13-25(26(32)29-16-19-5-4-14-28-15-19)30(22)17-21-6-2-3-7-24(21)31/h2-15H,16-18H2,1H3,(H,29,32). The Bertz CT molecular complexity index is 1330. The number of carbonyl (C=O) groups is 2. The lowest BCUT2D eigenvalue weighted by Crippen LogP contribution is -2.30. The lowest BCUT2D eigenvalue weighted by Gasteiger charge is -2.23. The van der Waals surface area contributed by atoms with Crippen molar-refractivity contribution in [2.75, 3.05) is 12.0 Å². The molecule has 34 heavy (non-hydrogen) atoms. The van der Waals surface area contributed by atoms with Gasteiger partial charge in [0.05, 0.1) is 20.2 Å². The molecule has 1 aliphatic heterocycles. The quantitative estimate of drug-likeness (QED) is 0.496. The van der Waals surface area contributed by atoms with E-state index in [-0.39, 0.29) is 11.8 Å². The minimum absolute atomic E-state index is 0.104. The molecule has 0 fully saturated rings. The number of ether oxygens (including phenoxy) is 1. The number of nitrogens with one attached hydrogen (secondary N) is 1. The number of fused-ring (bicyclic) bond motifs is 2. The Balaban J connectivity index is 1.45. The van der Waals surface area contributed by atoms with Crippen LogP contribution in [0, 0.1) is 0 Å². The Morgan fingerprint density at radius 3 is 2.56 bits per heavy atom. The maximum absolute atomic E-state index is 13.5. The lowest BCUT2D eigenvalue weighted by molar-refractivity contribution is 0.0941. The average molecular weight is 453 g/mol. The molecule has 1 N–H and O–H groups in total. The van der Waals surface area contributed by atoms with Crippen molar-refractivity contribution in [1.82, 2.24) is 14.9 Å². The third-order valence-electron chi connectivity index (χ3n) is 5.99. The minimum atomic E-state index is -0.164. The van der Waals surface area contributed by atoms with E-state index in [0.29, 0.717) is 36.6 Å². The fourth-order valence-electron chi connectivity index (χ4n) is 4.20. The first-order valence-electron chi connectivity index (χ1n) is 11.0. The topological polar surface area (TPSA) is 76.5 Å². The van der Waals surface area contributed by atoms with Gasteiger partial charge in [0.1, 0.15) is 11.4 Å². The second kappa shape index (κ2) is 9.23. The second-order valence-electron chi connectivity index (χ2n) is 8.09. The van der Waals surface area contributed by atoms with Crippen LogP contribution in [0.5, 0.6) is 5.75 Å². The number of rotatable bonds is 5. The molecular formula is C27H24N4O3. The van der Waals surface area contributed by atoms with Gasteiger partial charge in [0, 0.05) is 35.9 Å². The van der Waals surface area contributed by atoms with E-state index in [4.69, 9.17) is 4.74 Å². The molecule has 0 radical (unpaired) electrons. The van der Waals surface area contributed by atoms with Gasteiger partial charge in [-0.1, -0.05) is 24.3 Å². The number of anilines is 1. The van der Waals surface area contributed by atoms with Crippen LogP contribution in [0.15, 0.2) is 85.2 Å². The van der Waals surface area contributed by atoms with Crippen molar-refractivity contribution in [3.05, 3.63) is 113 Å². The number of benzene rings is 2. The van der Waals surface area contributed by atoms with Crippen LogP contribution < -0.4 is 15.0 Å². The van der Waals surface area contributed by atoms with Crippen LogP contribution in [0.3, 0.4) is 0 Å². The van der Waals surface area contributed by atoms with Crippen LogP contribution in [0.2, 0.25) is 0 Å². The number of para-hydroxylation sites is 1. The van der Waals surface area contributed by atoms with Crippen molar-refractivity contribution < 1.29 is 14.3 Å². The number of hydrogen-bond donors (Lipinski definition) is 1. The van der Waals surface area contributed by atoms with E-state index >= 15 is 0 Å². The van der Waals surface area contributed by atoms with Crippen molar-refractivity contribution in [3.63, 3.8) is 0 Å². The molecular weight excluding hydrogens is 428 g/mol. The van der Waals surface area contributed by atoms with Crippen molar-refractivity contribution >= 4 is 17.5 Å². The SMILES string of the molecule is COc1ccc(C(=O)N2Cc3ccc(C(=O)NCc4cccnc4)n3Cc3ccccc32)cc1. The first-order valence-corrected chi connectivity index (χ1v) is 11.0. The monoisotopic (exact) mass is 452 g/mol. The van der Waals surface area contributed by atoms with E-state index in [1.54, 1.807) is 48.7 Å². The summed E-state index contributed by atoms with van der Waals surface area (Å²) in [6.45, 7) is 1.25. The first kappa shape index (κ1) is 21.5. The molecule has 3 heterocycles. The maximum Gasteiger partial charge on any atom is 0.268 e. The molecule has 2 aromatic carbocycles. The molecule has 0 spiro atoms. The fraction of sp³-hybridized carbons (Fsp3) is 0.148. The summed E-state index contributed by atoms with van der Waals surface area (Å²) in [4.78, 5) is 32.4. The van der Waals surface area contributed by atoms with Crippen LogP contribution in [-0.2, 0) is 19.6 Å². The summed E-state index contributed by atoms with van der Waals surface area (Å²) in [5.41, 5.74) is 4.77. The van der Waals surface area contributed by atoms with Gasteiger partial charge in [0.2, 0.25) is 0 Å². The number of pyridine rings is 1. The Morgan fingerprint density at radius 2 is 1.79 bits per heavy atom. The summed E-state index contributed by atoms with van der Waals surface area (Å²) in [6, 6.07) is 22.4. The minimum Gasteiger partial charge on any atom is -0.497 e. The number of hydrogen-bond acceptors (Lipinski definition) is 4. The lowest BCUT2D eigenvalue weighted by atomic mass is 10.1. The van der Waals surface area contributed by atoms with Gasteiger partial charge >= 0.3 is 0 Å². The molecule has 7 heteroatoms. The third kappa shape index (κ3) is 4.15. The Kier molecular flexibility index (Phi) is 5.82. The van der Waals surface area contributed by atoms with Crippen molar-refractivity contribution in [2.24, 2.45) is 0 Å². The zero-order valence-corrected chi connectivity index (χ0v) is 18.8. The fourth-order valence-corrected chi connectivity index (χ4v) is 4.20. The molecule has 170 valence electrons. The van der Waals surface area contributed by atoms with Crippen molar-refractivity contribution in [2.45, 2.75) is 19.6 Å². The van der Waals surface area contributed by atoms with Gasteiger partial charge in [-0.3, -0.25) is 14.6 Å². The van der Waals surface area contributed by atoms with E-state index in [1.165, 1.54) is 0 Å². The van der Waals surface area contributed by atoms with Crippen LogP contribution in [-0.4, -0.2) is 28.5 Å². The molecule has 7 nitrogen and oxygen atoms in total. The molecule has 1 aliphatic rings. The van der Waals surface area contributed by atoms with Gasteiger partial charge in [0.15, 0.2) is 0 Å². The van der Waals surface area contributed by atoms with E-state index in [1.807, 2.05) is 53.1 Å². The summed E-state index contributed by atoms with van der Waals surface area (Å²) < 4.78 is 7.21. The van der Waals surface area contributed by atoms with Gasteiger partial charge < -0.3 is 19.5 Å². The third-order valence-corrected chi connectivity index (χ3v) is 5.99. The predicted molar refractivity (Wildman–Crippen MR) is 129 cm³/mol. The molecule has 0 unspecified atom stereocenters. The van der Waals surface area contributed by atoms with Gasteiger partial charge in [0.25, 0.3) is 11.8 Å². The van der Waals surface area contributed by atoms with Crippen molar-refractivity contribution in [3.8, 4) is 5.75 Å². The summed E-state index contributed by atoms with van der Waals surface area (Å²) in [7, 11) is 1.60. The summed E-state index contributed by atoms with van der Waals surface area (Å²) in [5, 5.41) is 2.97. The normalized spacial score (nSPS) is 12.3. The maximum atomic E-state index is 13.5. The number of amides is 2. The second-order valence-corrected chi connectivity index (χ2v) is 8.09. The van der Waals surface area contributed by atoms with Crippen LogP contribution in [0.1, 0.15) is 37.7 Å². The van der Waals surface area contributed by atoms with Gasteiger partial charge in [-0.05, 0) is 59.7 Å². The highest BCUT2D eigenvalue weighted by atomic mass is 16.5. The van der Waals surface area contributed by atoms with Gasteiger partial charge in [-0.25, -0.2) is 0 Å². The van der Waals surface area contributed by atoms with E-state index in [0.717, 1.165) is 22.5 Å². The Labute approximate surface area is 197 Å². The number of aromatic nitrogens is 2.